The Balaban J connectivity index is 1.73. The molecule has 0 fully saturated rings. The van der Waals surface area contributed by atoms with E-state index in [1.165, 1.54) is 12.2 Å². The minimum atomic E-state index is -4.00. The van der Waals surface area contributed by atoms with Crippen molar-refractivity contribution in [2.45, 2.75) is 0 Å². The molecule has 0 saturated heterocycles. The van der Waals surface area contributed by atoms with Crippen LogP contribution < -0.4 is 10.6 Å². The van der Waals surface area contributed by atoms with E-state index >= 15 is 0 Å². The smallest absolute Gasteiger partial charge is 0.362 e. The molecule has 1 unspecified atom stereocenters. The van der Waals surface area contributed by atoms with Crippen molar-refractivity contribution in [1.29, 1.82) is 0 Å². The van der Waals surface area contributed by atoms with Crippen LogP contribution in [0.2, 0.25) is 0 Å². The van der Waals surface area contributed by atoms with E-state index in [1.54, 1.807) is 12.1 Å². The molecule has 1 atom stereocenters. The molecule has 16 heteroatoms. The van der Waals surface area contributed by atoms with Gasteiger partial charge in [-0.2, -0.15) is 4.89 Å². The second-order valence-corrected chi connectivity index (χ2v) is 15.5. The van der Waals surface area contributed by atoms with Gasteiger partial charge in [0.2, 0.25) is 0 Å². The number of rotatable bonds is 28. The van der Waals surface area contributed by atoms with Gasteiger partial charge in [-0.25, -0.2) is 24.3 Å². The molecule has 0 aliphatic heterocycles. The van der Waals surface area contributed by atoms with Crippen LogP contribution in [-0.2, 0) is 66.3 Å². The van der Waals surface area contributed by atoms with Crippen molar-refractivity contribution in [2.75, 3.05) is 66.0 Å². The second-order valence-electron chi connectivity index (χ2n) is 11.2. The molecule has 56 heavy (non-hydrogen) atoms. The van der Waals surface area contributed by atoms with E-state index < -0.39 is 27.3 Å². The first-order valence-electron chi connectivity index (χ1n) is 17.2. The Hall–Kier alpha value is -4.49. The number of carbonyl (C=O) groups is 1. The lowest BCUT2D eigenvalue weighted by Crippen LogP contribution is -2.17. The lowest BCUT2D eigenvalue weighted by Gasteiger charge is -2.23. The summed E-state index contributed by atoms with van der Waals surface area (Å²) in [6.45, 7) is 13.2. The van der Waals surface area contributed by atoms with Gasteiger partial charge in [-0.3, -0.25) is 9.13 Å². The molecule has 0 spiro atoms. The molecule has 0 aromatic heterocycles. The standard InChI is InChI=1S/C40H44O14P2/c1-5-21-46-49-25-28-53-56(43,54-29-26-50-47-22-6-2)39-20-18-35(33-14-10-12-16-37(33)39)34-17-19-38(36-15-11-9-13-32(34)36)55(42,31-44-30-51-48-23-7-3)52-27-24-45-40(41)8-4/h5-6,8-20,23H,1-4,21-22,24-31H2. The first kappa shape index (κ1) is 44.2. The molecule has 298 valence electrons. The summed E-state index contributed by atoms with van der Waals surface area (Å²) >= 11 is 0. The minimum absolute atomic E-state index is 0.0273. The van der Waals surface area contributed by atoms with Crippen molar-refractivity contribution in [3.63, 3.8) is 0 Å². The molecule has 4 aromatic rings. The summed E-state index contributed by atoms with van der Waals surface area (Å²) < 4.78 is 57.5. The fourth-order valence-corrected chi connectivity index (χ4v) is 8.92. The predicted molar refractivity (Wildman–Crippen MR) is 211 cm³/mol. The third-order valence-electron chi connectivity index (χ3n) is 7.53. The van der Waals surface area contributed by atoms with Gasteiger partial charge in [0, 0.05) is 11.4 Å². The average molecular weight is 811 g/mol. The highest BCUT2D eigenvalue weighted by Gasteiger charge is 2.32. The second kappa shape index (κ2) is 23.5. The van der Waals surface area contributed by atoms with Gasteiger partial charge in [-0.1, -0.05) is 91.7 Å². The van der Waals surface area contributed by atoms with Gasteiger partial charge in [-0.05, 0) is 44.8 Å². The van der Waals surface area contributed by atoms with Crippen LogP contribution >= 0.6 is 15.0 Å². The lowest BCUT2D eigenvalue weighted by atomic mass is 9.94. The maximum Gasteiger partial charge on any atom is 0.362 e. The van der Waals surface area contributed by atoms with Crippen LogP contribution in [0.5, 0.6) is 0 Å². The Labute approximate surface area is 325 Å². The number of carbonyl (C=O) groups excluding carboxylic acids is 1. The van der Waals surface area contributed by atoms with Crippen molar-refractivity contribution < 1.29 is 66.3 Å². The van der Waals surface area contributed by atoms with E-state index in [9.17, 15) is 13.9 Å². The third kappa shape index (κ3) is 12.5. The topological polar surface area (TPSA) is 153 Å². The molecule has 0 radical (unpaired) electrons. The summed E-state index contributed by atoms with van der Waals surface area (Å²) in [4.78, 5) is 41.4. The highest BCUT2D eigenvalue weighted by atomic mass is 31.2. The predicted octanol–water partition coefficient (Wildman–Crippen LogP) is 7.61. The molecule has 0 heterocycles. The lowest BCUT2D eigenvalue weighted by molar-refractivity contribution is -0.296. The molecular formula is C40H44O14P2. The summed E-state index contributed by atoms with van der Waals surface area (Å²) in [5.41, 5.74) is 3.95. The van der Waals surface area contributed by atoms with E-state index in [0.717, 1.165) is 34.2 Å². The maximum absolute atomic E-state index is 14.6. The van der Waals surface area contributed by atoms with Crippen LogP contribution in [0.15, 0.2) is 129 Å². The third-order valence-corrected chi connectivity index (χ3v) is 11.8. The molecule has 4 aromatic carbocycles. The summed E-state index contributed by atoms with van der Waals surface area (Å²) in [6, 6.07) is 21.9. The Morgan fingerprint density at radius 3 is 1.71 bits per heavy atom. The number of esters is 1. The van der Waals surface area contributed by atoms with Crippen LogP contribution in [0.1, 0.15) is 0 Å². The summed E-state index contributed by atoms with van der Waals surface area (Å²) in [5.74, 6) is -0.645. The normalized spacial score (nSPS) is 12.4. The van der Waals surface area contributed by atoms with Crippen LogP contribution in [0.4, 0.5) is 0 Å². The number of ether oxygens (including phenoxy) is 2. The van der Waals surface area contributed by atoms with Gasteiger partial charge in [-0.15, -0.1) is 13.2 Å². The van der Waals surface area contributed by atoms with Crippen molar-refractivity contribution in [3.05, 3.63) is 129 Å². The van der Waals surface area contributed by atoms with E-state index in [1.807, 2.05) is 60.7 Å². The summed E-state index contributed by atoms with van der Waals surface area (Å²) in [5, 5.41) is 3.39. The molecule has 0 N–H and O–H groups in total. The maximum atomic E-state index is 14.6. The first-order valence-corrected chi connectivity index (χ1v) is 20.5. The average Bonchev–Trinajstić information content (AvgIpc) is 3.22. The monoisotopic (exact) mass is 810 g/mol. The van der Waals surface area contributed by atoms with E-state index in [2.05, 4.69) is 32.0 Å². The van der Waals surface area contributed by atoms with Crippen molar-refractivity contribution in [1.82, 2.24) is 0 Å². The zero-order chi connectivity index (χ0) is 40.1. The van der Waals surface area contributed by atoms with Crippen LogP contribution in [-0.4, -0.2) is 72.0 Å². The van der Waals surface area contributed by atoms with Gasteiger partial charge in [0.15, 0.2) is 13.1 Å². The summed E-state index contributed by atoms with van der Waals surface area (Å²) in [6.07, 6.45) is 4.77. The zero-order valence-electron chi connectivity index (χ0n) is 30.7. The number of benzene rings is 4. The highest BCUT2D eigenvalue weighted by Crippen LogP contribution is 2.51. The quantitative estimate of drug-likeness (QED) is 0.00529. The minimum Gasteiger partial charge on any atom is -0.460 e. The van der Waals surface area contributed by atoms with Crippen LogP contribution in [0.25, 0.3) is 32.7 Å². The molecule has 0 saturated carbocycles. The molecule has 0 bridgehead atoms. The molecule has 0 amide bonds. The van der Waals surface area contributed by atoms with Gasteiger partial charge in [0.1, 0.15) is 39.4 Å². The van der Waals surface area contributed by atoms with Gasteiger partial charge in [0.05, 0.1) is 25.1 Å². The fourth-order valence-electron chi connectivity index (χ4n) is 5.29. The van der Waals surface area contributed by atoms with E-state index in [4.69, 9.17) is 52.4 Å². The first-order chi connectivity index (χ1) is 27.3. The van der Waals surface area contributed by atoms with Gasteiger partial charge < -0.3 is 27.9 Å². The molecule has 0 aliphatic carbocycles. The molecule has 4 rings (SSSR count). The molecule has 0 aliphatic rings. The summed E-state index contributed by atoms with van der Waals surface area (Å²) in [7, 11) is -7.81. The van der Waals surface area contributed by atoms with Crippen LogP contribution in [0, 0.1) is 0 Å². The Bertz CT molecular complexity index is 2050. The SMILES string of the molecule is C=C=COOCOCP(=O)(OCCOC(=O)C=C)c1ccc(-c2ccc(P(=O)(OCCOOCC=C)OCCOOCC=C)c3ccccc23)c2ccccc12. The van der Waals surface area contributed by atoms with E-state index in [-0.39, 0.29) is 59.6 Å². The van der Waals surface area contributed by atoms with Crippen molar-refractivity contribution in [2.24, 2.45) is 0 Å². The van der Waals surface area contributed by atoms with Crippen LogP contribution in [0.3, 0.4) is 0 Å². The van der Waals surface area contributed by atoms with Crippen molar-refractivity contribution in [3.8, 4) is 11.1 Å². The van der Waals surface area contributed by atoms with Gasteiger partial charge in [0.25, 0.3) is 7.37 Å². The fraction of sp³-hybridized carbons (Fsp3) is 0.250. The largest absolute Gasteiger partial charge is 0.460 e. The number of fused-ring (bicyclic) bond motifs is 2. The number of hydrogen-bond acceptors (Lipinski definition) is 14. The highest BCUT2D eigenvalue weighted by molar-refractivity contribution is 7.67. The number of hydrogen-bond donors (Lipinski definition) is 0. The Morgan fingerprint density at radius 1 is 0.625 bits per heavy atom. The Morgan fingerprint density at radius 2 is 1.16 bits per heavy atom. The molecule has 14 nitrogen and oxygen atoms in total. The molecular weight excluding hydrogens is 766 g/mol. The van der Waals surface area contributed by atoms with Crippen molar-refractivity contribution >= 4 is 53.1 Å². The zero-order valence-corrected chi connectivity index (χ0v) is 32.5. The Kier molecular flexibility index (Phi) is 18.6. The van der Waals surface area contributed by atoms with E-state index in [0.29, 0.717) is 21.4 Å². The van der Waals surface area contributed by atoms with Gasteiger partial charge >= 0.3 is 13.6 Å².